The van der Waals surface area contributed by atoms with Crippen molar-refractivity contribution in [2.45, 2.75) is 103 Å². The van der Waals surface area contributed by atoms with Crippen LogP contribution in [0, 0.1) is 40.9 Å². The maximum Gasteiger partial charge on any atom is 0.403 e. The highest BCUT2D eigenvalue weighted by molar-refractivity contribution is 5.08. The minimum Gasteiger partial charge on any atom is -0.327 e. The van der Waals surface area contributed by atoms with Crippen LogP contribution in [0.1, 0.15) is 79.1 Å². The highest BCUT2D eigenvalue weighted by Gasteiger charge is 2.77. The van der Waals surface area contributed by atoms with Gasteiger partial charge in [0.05, 0.1) is 0 Å². The van der Waals surface area contributed by atoms with Crippen molar-refractivity contribution in [3.63, 3.8) is 0 Å². The van der Waals surface area contributed by atoms with Gasteiger partial charge in [-0.05, 0) is 61.2 Å². The van der Waals surface area contributed by atoms with E-state index in [0.29, 0.717) is 25.7 Å². The Kier molecular flexibility index (Phi) is 8.44. The number of nitrogens with two attached hydrogens (primary N) is 2. The summed E-state index contributed by atoms with van der Waals surface area (Å²) in [5, 5.41) is 0. The Morgan fingerprint density at radius 1 is 0.548 bits per heavy atom. The van der Waals surface area contributed by atoms with Crippen LogP contribution in [-0.2, 0) is 0 Å². The van der Waals surface area contributed by atoms with E-state index < -0.39 is 29.6 Å². The normalized spacial score (nSPS) is 38.3. The van der Waals surface area contributed by atoms with Crippen LogP contribution in [0.4, 0.5) is 26.3 Å². The second-order valence-corrected chi connectivity index (χ2v) is 10.0. The van der Waals surface area contributed by atoms with Gasteiger partial charge in [-0.2, -0.15) is 26.3 Å². The van der Waals surface area contributed by atoms with E-state index in [1.165, 1.54) is 0 Å². The molecular formula is C23H40F6N2. The summed E-state index contributed by atoms with van der Waals surface area (Å²) in [6.07, 6.45) is -9.28. The molecule has 0 radical (unpaired) electrons. The van der Waals surface area contributed by atoms with Crippen LogP contribution < -0.4 is 11.5 Å². The topological polar surface area (TPSA) is 52.0 Å². The number of hydrogen-bond donors (Lipinski definition) is 2. The van der Waals surface area contributed by atoms with E-state index in [0.717, 1.165) is 0 Å². The fourth-order valence-corrected chi connectivity index (χ4v) is 6.97. The third-order valence-electron chi connectivity index (χ3n) is 8.85. The Bertz CT molecular complexity index is 497. The van der Waals surface area contributed by atoms with Gasteiger partial charge in [-0.1, -0.05) is 53.4 Å². The summed E-state index contributed by atoms with van der Waals surface area (Å²) in [5.74, 6) is -4.33. The second-order valence-electron chi connectivity index (χ2n) is 10.0. The summed E-state index contributed by atoms with van der Waals surface area (Å²) in [5.41, 5.74) is 8.84. The molecule has 31 heavy (non-hydrogen) atoms. The van der Waals surface area contributed by atoms with E-state index in [9.17, 15) is 26.3 Å². The van der Waals surface area contributed by atoms with E-state index >= 15 is 0 Å². The van der Waals surface area contributed by atoms with Gasteiger partial charge in [0.2, 0.25) is 0 Å². The summed E-state index contributed by atoms with van der Waals surface area (Å²) < 4.78 is 88.7. The molecule has 0 spiro atoms. The first-order chi connectivity index (χ1) is 14.3. The Balaban J connectivity index is 2.64. The molecule has 0 aromatic rings. The van der Waals surface area contributed by atoms with Gasteiger partial charge in [-0.15, -0.1) is 0 Å². The van der Waals surface area contributed by atoms with Crippen molar-refractivity contribution in [1.82, 2.24) is 0 Å². The van der Waals surface area contributed by atoms with Crippen LogP contribution in [0.3, 0.4) is 0 Å². The van der Waals surface area contributed by atoms with Crippen molar-refractivity contribution < 1.29 is 26.3 Å². The minimum atomic E-state index is -5.38. The highest BCUT2D eigenvalue weighted by Crippen LogP contribution is 2.66. The van der Waals surface area contributed by atoms with Crippen molar-refractivity contribution in [3.05, 3.63) is 0 Å². The van der Waals surface area contributed by atoms with Gasteiger partial charge in [0, 0.05) is 12.1 Å². The zero-order valence-electron chi connectivity index (χ0n) is 19.2. The lowest BCUT2D eigenvalue weighted by Gasteiger charge is -2.55. The zero-order valence-corrected chi connectivity index (χ0v) is 19.2. The predicted molar refractivity (Wildman–Crippen MR) is 111 cm³/mol. The molecule has 184 valence electrons. The quantitative estimate of drug-likeness (QED) is 0.436. The predicted octanol–water partition coefficient (Wildman–Crippen LogP) is 6.68. The van der Waals surface area contributed by atoms with Crippen LogP contribution in [0.25, 0.3) is 0 Å². The molecule has 2 aliphatic rings. The third kappa shape index (κ3) is 4.62. The summed E-state index contributed by atoms with van der Waals surface area (Å²) >= 11 is 0. The van der Waals surface area contributed by atoms with E-state index in [1.54, 1.807) is 0 Å². The molecule has 2 nitrogen and oxygen atoms in total. The maximum atomic E-state index is 14.8. The van der Waals surface area contributed by atoms with Gasteiger partial charge in [0.1, 0.15) is 0 Å². The smallest absolute Gasteiger partial charge is 0.327 e. The Labute approximate surface area is 182 Å². The first kappa shape index (κ1) is 26.7. The maximum absolute atomic E-state index is 14.8. The molecule has 0 saturated heterocycles. The van der Waals surface area contributed by atoms with E-state index in [4.69, 9.17) is 11.5 Å². The summed E-state index contributed by atoms with van der Waals surface area (Å²) in [6.45, 7) is 7.23. The monoisotopic (exact) mass is 458 g/mol. The Hall–Kier alpha value is -0.500. The third-order valence-corrected chi connectivity index (χ3v) is 8.85. The van der Waals surface area contributed by atoms with Gasteiger partial charge in [0.15, 0.2) is 5.41 Å². The van der Waals surface area contributed by atoms with Crippen molar-refractivity contribution in [3.8, 4) is 0 Å². The van der Waals surface area contributed by atoms with Crippen LogP contribution in [0.2, 0.25) is 0 Å². The number of halogens is 6. The molecular weight excluding hydrogens is 418 g/mol. The van der Waals surface area contributed by atoms with E-state index in [-0.39, 0.29) is 61.4 Å². The summed E-state index contributed by atoms with van der Waals surface area (Å²) in [4.78, 5) is 0. The molecule has 0 amide bonds. The van der Waals surface area contributed by atoms with Crippen LogP contribution >= 0.6 is 0 Å². The molecule has 0 heterocycles. The van der Waals surface area contributed by atoms with Gasteiger partial charge >= 0.3 is 12.4 Å². The van der Waals surface area contributed by atoms with Crippen LogP contribution in [0.15, 0.2) is 0 Å². The summed E-state index contributed by atoms with van der Waals surface area (Å²) in [7, 11) is 0. The SMILES string of the molecule is CCC1CC(C(C2CC(CC)C(N)C(CC)C2)(C(F)(F)F)C(F)(F)F)CC(CC)C1N. The minimum absolute atomic E-state index is 0.122. The van der Waals surface area contributed by atoms with Crippen molar-refractivity contribution in [2.75, 3.05) is 0 Å². The fraction of sp³-hybridized carbons (Fsp3) is 1.00. The number of alkyl halides is 6. The average Bonchev–Trinajstić information content (AvgIpc) is 2.67. The standard InChI is InChI=1S/C23H40F6N2/c1-5-13-9-17(10-14(6-2)19(13)30)21(22(24,25)26,23(27,28)29)18-11-15(7-3)20(31)16(8-4)12-18/h13-20H,5-12,30-31H2,1-4H3. The van der Waals surface area contributed by atoms with Crippen LogP contribution in [0.5, 0.6) is 0 Å². The molecule has 0 bridgehead atoms. The van der Waals surface area contributed by atoms with Crippen LogP contribution in [-0.4, -0.2) is 24.4 Å². The molecule has 0 aromatic carbocycles. The van der Waals surface area contributed by atoms with Gasteiger partial charge in [-0.3, -0.25) is 0 Å². The lowest BCUT2D eigenvalue weighted by atomic mass is 9.51. The molecule has 8 heteroatoms. The molecule has 4 N–H and O–H groups in total. The second kappa shape index (κ2) is 9.78. The molecule has 0 aliphatic heterocycles. The number of hydrogen-bond acceptors (Lipinski definition) is 2. The van der Waals surface area contributed by atoms with E-state index in [1.807, 2.05) is 27.7 Å². The first-order valence-electron chi connectivity index (χ1n) is 11.9. The van der Waals surface area contributed by atoms with Crippen molar-refractivity contribution >= 4 is 0 Å². The van der Waals surface area contributed by atoms with Crippen molar-refractivity contribution in [1.29, 1.82) is 0 Å². The highest BCUT2D eigenvalue weighted by atomic mass is 19.4. The van der Waals surface area contributed by atoms with Gasteiger partial charge < -0.3 is 11.5 Å². The zero-order chi connectivity index (χ0) is 23.8. The summed E-state index contributed by atoms with van der Waals surface area (Å²) in [6, 6.07) is -0.700. The molecule has 4 unspecified atom stereocenters. The lowest BCUT2D eigenvalue weighted by Crippen LogP contribution is -2.64. The lowest BCUT2D eigenvalue weighted by molar-refractivity contribution is -0.385. The average molecular weight is 459 g/mol. The fourth-order valence-electron chi connectivity index (χ4n) is 6.97. The van der Waals surface area contributed by atoms with Crippen molar-refractivity contribution in [2.24, 2.45) is 52.4 Å². The largest absolute Gasteiger partial charge is 0.403 e. The Morgan fingerprint density at radius 2 is 0.774 bits per heavy atom. The molecule has 2 rings (SSSR count). The molecule has 4 atom stereocenters. The molecule has 2 saturated carbocycles. The molecule has 2 aliphatic carbocycles. The number of rotatable bonds is 6. The molecule has 0 aromatic heterocycles. The first-order valence-corrected chi connectivity index (χ1v) is 11.9. The van der Waals surface area contributed by atoms with Gasteiger partial charge in [-0.25, -0.2) is 0 Å². The molecule has 2 fully saturated rings. The Morgan fingerprint density at radius 3 is 0.935 bits per heavy atom. The van der Waals surface area contributed by atoms with E-state index in [2.05, 4.69) is 0 Å². The van der Waals surface area contributed by atoms with Gasteiger partial charge in [0.25, 0.3) is 0 Å².